The third-order valence-corrected chi connectivity index (χ3v) is 5.74. The number of halogens is 1. The lowest BCUT2D eigenvalue weighted by Crippen LogP contribution is -2.32. The second-order valence-corrected chi connectivity index (χ2v) is 8.03. The normalized spacial score (nSPS) is 14.3. The van der Waals surface area contributed by atoms with Crippen molar-refractivity contribution < 1.29 is 13.5 Å². The summed E-state index contributed by atoms with van der Waals surface area (Å²) in [5, 5.41) is 11.1. The first-order valence-electron chi connectivity index (χ1n) is 7.83. The van der Waals surface area contributed by atoms with Crippen LogP contribution < -0.4 is 4.72 Å². The van der Waals surface area contributed by atoms with Crippen molar-refractivity contribution in [2.75, 3.05) is 6.54 Å². The Hall–Kier alpha value is -1.40. The second kappa shape index (κ2) is 8.12. The number of sulfonamides is 1. The molecule has 0 aliphatic rings. The fraction of sp³-hybridized carbons (Fsp3) is 0.333. The molecule has 0 heterocycles. The average Bonchev–Trinajstić information content (AvgIpc) is 2.56. The van der Waals surface area contributed by atoms with E-state index in [1.165, 1.54) is 0 Å². The van der Waals surface area contributed by atoms with Gasteiger partial charge in [-0.1, -0.05) is 48.4 Å². The van der Waals surface area contributed by atoms with Crippen LogP contribution in [-0.2, 0) is 10.0 Å². The predicted molar refractivity (Wildman–Crippen MR) is 96.6 cm³/mol. The van der Waals surface area contributed by atoms with Gasteiger partial charge in [0.05, 0.1) is 11.0 Å². The quantitative estimate of drug-likeness (QED) is 0.784. The number of hydrogen-bond donors (Lipinski definition) is 2. The highest BCUT2D eigenvalue weighted by atomic mass is 35.5. The Morgan fingerprint density at radius 2 is 1.67 bits per heavy atom. The first kappa shape index (κ1) is 18.9. The molecule has 0 fully saturated rings. The Bertz CT molecular complexity index is 758. The summed E-state index contributed by atoms with van der Waals surface area (Å²) >= 11 is 5.86. The summed E-state index contributed by atoms with van der Waals surface area (Å²) in [6, 6.07) is 13.6. The molecule has 6 heteroatoms. The van der Waals surface area contributed by atoms with Gasteiger partial charge in [0.25, 0.3) is 0 Å². The van der Waals surface area contributed by atoms with Crippen molar-refractivity contribution in [1.82, 2.24) is 4.72 Å². The van der Waals surface area contributed by atoms with Gasteiger partial charge in [-0.15, -0.1) is 0 Å². The Kier molecular flexibility index (Phi) is 6.40. The van der Waals surface area contributed by atoms with Crippen molar-refractivity contribution in [3.8, 4) is 0 Å². The van der Waals surface area contributed by atoms with E-state index in [4.69, 9.17) is 11.6 Å². The number of nitrogens with one attached hydrogen (secondary N) is 1. The molecule has 0 aliphatic carbocycles. The zero-order chi connectivity index (χ0) is 17.7. The zero-order valence-electron chi connectivity index (χ0n) is 13.7. The van der Waals surface area contributed by atoms with E-state index >= 15 is 0 Å². The van der Waals surface area contributed by atoms with E-state index in [2.05, 4.69) is 4.72 Å². The summed E-state index contributed by atoms with van der Waals surface area (Å²) in [4.78, 5) is 0.226. The molecule has 2 aromatic carbocycles. The van der Waals surface area contributed by atoms with Crippen LogP contribution in [0.4, 0.5) is 0 Å². The van der Waals surface area contributed by atoms with E-state index in [0.29, 0.717) is 11.4 Å². The number of rotatable bonds is 7. The van der Waals surface area contributed by atoms with E-state index in [-0.39, 0.29) is 17.4 Å². The summed E-state index contributed by atoms with van der Waals surface area (Å²) in [5.41, 5.74) is 1.72. The molecule has 2 atom stereocenters. The summed E-state index contributed by atoms with van der Waals surface area (Å²) in [6.45, 7) is 3.99. The van der Waals surface area contributed by atoms with Gasteiger partial charge in [0.2, 0.25) is 10.0 Å². The van der Waals surface area contributed by atoms with Crippen molar-refractivity contribution >= 4 is 21.6 Å². The summed E-state index contributed by atoms with van der Waals surface area (Å²) < 4.78 is 27.3. The molecule has 2 rings (SSSR count). The number of aliphatic hydroxyl groups excluding tert-OH is 1. The maximum absolute atomic E-state index is 12.4. The van der Waals surface area contributed by atoms with E-state index < -0.39 is 16.1 Å². The van der Waals surface area contributed by atoms with Crippen LogP contribution in [0.3, 0.4) is 0 Å². The van der Waals surface area contributed by atoms with Gasteiger partial charge in [-0.05, 0) is 43.2 Å². The van der Waals surface area contributed by atoms with Gasteiger partial charge >= 0.3 is 0 Å². The lowest BCUT2D eigenvalue weighted by molar-refractivity contribution is 0.108. The molecular weight excluding hydrogens is 346 g/mol. The lowest BCUT2D eigenvalue weighted by Gasteiger charge is -2.22. The molecule has 0 aromatic heterocycles. The van der Waals surface area contributed by atoms with E-state index in [1.807, 2.05) is 13.8 Å². The predicted octanol–water partition coefficient (Wildman–Crippen LogP) is 3.69. The highest BCUT2D eigenvalue weighted by Gasteiger charge is 2.22. The van der Waals surface area contributed by atoms with Crippen LogP contribution in [-0.4, -0.2) is 20.1 Å². The molecule has 2 N–H and O–H groups in total. The highest BCUT2D eigenvalue weighted by Crippen LogP contribution is 2.25. The van der Waals surface area contributed by atoms with Crippen molar-refractivity contribution in [2.45, 2.75) is 31.3 Å². The first-order valence-corrected chi connectivity index (χ1v) is 9.69. The Balaban J connectivity index is 2.07. The smallest absolute Gasteiger partial charge is 0.240 e. The standard InChI is InChI=1S/C18H22ClNO3S/c1-3-14(18(21)15-6-8-16(19)9-7-15)12-20-24(22,23)17-10-4-13(2)5-11-17/h4-11,14,18,20-21H,3,12H2,1-2H3/t14-,18+/m1/s1. The summed E-state index contributed by atoms with van der Waals surface area (Å²) in [5.74, 6) is -0.230. The van der Waals surface area contributed by atoms with Crippen molar-refractivity contribution in [1.29, 1.82) is 0 Å². The molecule has 0 bridgehead atoms. The molecule has 0 unspecified atom stereocenters. The van der Waals surface area contributed by atoms with E-state index in [0.717, 1.165) is 11.1 Å². The third-order valence-electron chi connectivity index (χ3n) is 4.05. The van der Waals surface area contributed by atoms with Crippen molar-refractivity contribution in [2.24, 2.45) is 5.92 Å². The van der Waals surface area contributed by atoms with Crippen LogP contribution in [0.15, 0.2) is 53.4 Å². The van der Waals surface area contributed by atoms with Crippen LogP contribution in [0.1, 0.15) is 30.6 Å². The van der Waals surface area contributed by atoms with Gasteiger partial charge in [0.15, 0.2) is 0 Å². The van der Waals surface area contributed by atoms with Gasteiger partial charge in [-0.25, -0.2) is 13.1 Å². The van der Waals surface area contributed by atoms with Gasteiger partial charge < -0.3 is 5.11 Å². The Morgan fingerprint density at radius 3 is 2.21 bits per heavy atom. The molecule has 0 amide bonds. The second-order valence-electron chi connectivity index (χ2n) is 5.83. The Labute approximate surface area is 148 Å². The third kappa shape index (κ3) is 4.80. The monoisotopic (exact) mass is 367 g/mol. The van der Waals surface area contributed by atoms with E-state index in [1.54, 1.807) is 48.5 Å². The van der Waals surface area contributed by atoms with Crippen LogP contribution in [0, 0.1) is 12.8 Å². The minimum absolute atomic E-state index is 0.163. The highest BCUT2D eigenvalue weighted by molar-refractivity contribution is 7.89. The first-order chi connectivity index (χ1) is 11.3. The molecule has 0 saturated carbocycles. The molecule has 0 saturated heterocycles. The summed E-state index contributed by atoms with van der Waals surface area (Å²) in [7, 11) is -3.59. The maximum Gasteiger partial charge on any atom is 0.240 e. The molecule has 2 aromatic rings. The van der Waals surface area contributed by atoms with Crippen molar-refractivity contribution in [3.63, 3.8) is 0 Å². The molecule has 24 heavy (non-hydrogen) atoms. The minimum Gasteiger partial charge on any atom is -0.388 e. The molecule has 4 nitrogen and oxygen atoms in total. The molecule has 130 valence electrons. The SMILES string of the molecule is CC[C@H](CNS(=O)(=O)c1ccc(C)cc1)[C@H](O)c1ccc(Cl)cc1. The van der Waals surface area contributed by atoms with E-state index in [9.17, 15) is 13.5 Å². The molecule has 0 radical (unpaired) electrons. The van der Waals surface area contributed by atoms with Crippen LogP contribution >= 0.6 is 11.6 Å². The Morgan fingerprint density at radius 1 is 1.08 bits per heavy atom. The number of hydrogen-bond acceptors (Lipinski definition) is 3. The van der Waals surface area contributed by atoms with Gasteiger partial charge in [-0.2, -0.15) is 0 Å². The zero-order valence-corrected chi connectivity index (χ0v) is 15.3. The fourth-order valence-corrected chi connectivity index (χ4v) is 3.65. The molecule has 0 aliphatic heterocycles. The molecule has 0 spiro atoms. The van der Waals surface area contributed by atoms with Crippen LogP contribution in [0.2, 0.25) is 5.02 Å². The van der Waals surface area contributed by atoms with Crippen LogP contribution in [0.25, 0.3) is 0 Å². The largest absolute Gasteiger partial charge is 0.388 e. The number of aryl methyl sites for hydroxylation is 1. The van der Waals surface area contributed by atoms with Gasteiger partial charge in [-0.3, -0.25) is 0 Å². The minimum atomic E-state index is -3.59. The van der Waals surface area contributed by atoms with Gasteiger partial charge in [0, 0.05) is 17.5 Å². The number of benzene rings is 2. The number of aliphatic hydroxyl groups is 1. The van der Waals surface area contributed by atoms with Gasteiger partial charge in [0.1, 0.15) is 0 Å². The lowest BCUT2D eigenvalue weighted by atomic mass is 9.94. The fourth-order valence-electron chi connectivity index (χ4n) is 2.43. The van der Waals surface area contributed by atoms with Crippen LogP contribution in [0.5, 0.6) is 0 Å². The van der Waals surface area contributed by atoms with Crippen molar-refractivity contribution in [3.05, 3.63) is 64.7 Å². The topological polar surface area (TPSA) is 66.4 Å². The maximum atomic E-state index is 12.4. The summed E-state index contributed by atoms with van der Waals surface area (Å²) in [6.07, 6.45) is -0.117. The molecular formula is C18H22ClNO3S. The average molecular weight is 368 g/mol.